The lowest BCUT2D eigenvalue weighted by atomic mass is 10.1. The highest BCUT2D eigenvalue weighted by Gasteiger charge is 2.24. The molecule has 1 N–H and O–H groups in total. The van der Waals surface area contributed by atoms with Gasteiger partial charge in [0.15, 0.2) is 0 Å². The fourth-order valence-corrected chi connectivity index (χ4v) is 3.32. The van der Waals surface area contributed by atoms with E-state index < -0.39 is 0 Å². The van der Waals surface area contributed by atoms with Crippen LogP contribution in [0.25, 0.3) is 0 Å². The summed E-state index contributed by atoms with van der Waals surface area (Å²) in [4.78, 5) is 18.2. The number of morpholine rings is 1. The van der Waals surface area contributed by atoms with E-state index in [2.05, 4.69) is 26.2 Å². The van der Waals surface area contributed by atoms with Gasteiger partial charge in [-0.25, -0.2) is 4.39 Å². The van der Waals surface area contributed by atoms with Crippen LogP contribution in [0.2, 0.25) is 0 Å². The molecule has 2 aromatic rings. The predicted octanol–water partition coefficient (Wildman–Crippen LogP) is 3.85. The SMILES string of the molecule is C[C@H]1CN(c2ccc(NC(=O)c3cncc(Br)c3)cc2F)C[C@H](C)O1. The zero-order chi connectivity index (χ0) is 18.0. The number of carbonyl (C=O) groups is 1. The van der Waals surface area contributed by atoms with E-state index in [4.69, 9.17) is 4.74 Å². The number of rotatable bonds is 3. The van der Waals surface area contributed by atoms with E-state index in [-0.39, 0.29) is 23.9 Å². The molecule has 132 valence electrons. The third-order valence-corrected chi connectivity index (χ3v) is 4.37. The van der Waals surface area contributed by atoms with E-state index in [0.29, 0.717) is 34.5 Å². The first-order valence-corrected chi connectivity index (χ1v) is 8.83. The Hall–Kier alpha value is -1.99. The average Bonchev–Trinajstić information content (AvgIpc) is 2.54. The highest BCUT2D eigenvalue weighted by Crippen LogP contribution is 2.26. The second kappa shape index (κ2) is 7.49. The molecule has 2 heterocycles. The summed E-state index contributed by atoms with van der Waals surface area (Å²) in [5.41, 5.74) is 1.32. The van der Waals surface area contributed by atoms with E-state index in [1.807, 2.05) is 18.7 Å². The van der Waals surface area contributed by atoms with Crippen molar-refractivity contribution in [2.75, 3.05) is 23.3 Å². The van der Waals surface area contributed by atoms with Crippen LogP contribution < -0.4 is 10.2 Å². The molecule has 1 saturated heterocycles. The first kappa shape index (κ1) is 17.8. The Kier molecular flexibility index (Phi) is 5.34. The van der Waals surface area contributed by atoms with Crippen molar-refractivity contribution in [1.29, 1.82) is 0 Å². The van der Waals surface area contributed by atoms with Crippen molar-refractivity contribution in [2.24, 2.45) is 0 Å². The molecule has 1 aliphatic heterocycles. The summed E-state index contributed by atoms with van der Waals surface area (Å²) in [6.07, 6.45) is 3.15. The summed E-state index contributed by atoms with van der Waals surface area (Å²) in [5.74, 6) is -0.707. The fraction of sp³-hybridized carbons (Fsp3) is 0.333. The van der Waals surface area contributed by atoms with Gasteiger partial charge in [-0.05, 0) is 54.0 Å². The molecule has 0 saturated carbocycles. The molecule has 3 rings (SSSR count). The lowest BCUT2D eigenvalue weighted by Gasteiger charge is -2.37. The zero-order valence-electron chi connectivity index (χ0n) is 14.0. The Balaban J connectivity index is 1.74. The van der Waals surface area contributed by atoms with Gasteiger partial charge in [-0.3, -0.25) is 9.78 Å². The highest BCUT2D eigenvalue weighted by molar-refractivity contribution is 9.10. The van der Waals surface area contributed by atoms with E-state index in [0.717, 1.165) is 0 Å². The summed E-state index contributed by atoms with van der Waals surface area (Å²) in [6.45, 7) is 5.22. The average molecular weight is 408 g/mol. The first-order valence-electron chi connectivity index (χ1n) is 8.04. The quantitative estimate of drug-likeness (QED) is 0.839. The van der Waals surface area contributed by atoms with E-state index in [9.17, 15) is 9.18 Å². The number of aromatic nitrogens is 1. The second-order valence-corrected chi connectivity index (χ2v) is 7.09. The number of amides is 1. The summed E-state index contributed by atoms with van der Waals surface area (Å²) < 4.78 is 20.9. The molecule has 0 spiro atoms. The molecule has 7 heteroatoms. The van der Waals surface area contributed by atoms with Gasteiger partial charge in [0.1, 0.15) is 5.82 Å². The Morgan fingerprint density at radius 3 is 2.64 bits per heavy atom. The van der Waals surface area contributed by atoms with Gasteiger partial charge in [0.2, 0.25) is 0 Å². The number of benzene rings is 1. The fourth-order valence-electron chi connectivity index (χ4n) is 2.96. The number of anilines is 2. The third kappa shape index (κ3) is 4.35. The smallest absolute Gasteiger partial charge is 0.257 e. The number of ether oxygens (including phenoxy) is 1. The summed E-state index contributed by atoms with van der Waals surface area (Å²) in [7, 11) is 0. The molecule has 1 fully saturated rings. The molecule has 25 heavy (non-hydrogen) atoms. The number of carbonyl (C=O) groups excluding carboxylic acids is 1. The Bertz CT molecular complexity index is 777. The molecular formula is C18H19BrFN3O2. The largest absolute Gasteiger partial charge is 0.372 e. The van der Waals surface area contributed by atoms with Crippen molar-refractivity contribution in [1.82, 2.24) is 4.98 Å². The van der Waals surface area contributed by atoms with E-state index in [1.54, 1.807) is 24.4 Å². The number of halogens is 2. The van der Waals surface area contributed by atoms with Gasteiger partial charge in [-0.15, -0.1) is 0 Å². The van der Waals surface area contributed by atoms with Gasteiger partial charge in [0.25, 0.3) is 5.91 Å². The summed E-state index contributed by atoms with van der Waals surface area (Å²) in [5, 5.41) is 2.69. The van der Waals surface area contributed by atoms with Gasteiger partial charge in [0.05, 0.1) is 23.5 Å². The molecule has 2 atom stereocenters. The van der Waals surface area contributed by atoms with Crippen molar-refractivity contribution >= 4 is 33.2 Å². The maximum Gasteiger partial charge on any atom is 0.257 e. The number of nitrogens with one attached hydrogen (secondary N) is 1. The van der Waals surface area contributed by atoms with Crippen LogP contribution >= 0.6 is 15.9 Å². The molecule has 0 bridgehead atoms. The maximum atomic E-state index is 14.6. The lowest BCUT2D eigenvalue weighted by molar-refractivity contribution is -0.00539. The van der Waals surface area contributed by atoms with Gasteiger partial charge >= 0.3 is 0 Å². The van der Waals surface area contributed by atoms with Crippen LogP contribution in [0.4, 0.5) is 15.8 Å². The minimum atomic E-state index is -0.369. The van der Waals surface area contributed by atoms with Crippen LogP contribution in [0.5, 0.6) is 0 Å². The first-order chi connectivity index (χ1) is 11.9. The van der Waals surface area contributed by atoms with Crippen LogP contribution in [0, 0.1) is 5.82 Å². The Morgan fingerprint density at radius 2 is 2.00 bits per heavy atom. The third-order valence-electron chi connectivity index (χ3n) is 3.93. The van der Waals surface area contributed by atoms with Gasteiger partial charge < -0.3 is 15.0 Å². The number of hydrogen-bond acceptors (Lipinski definition) is 4. The molecule has 5 nitrogen and oxygen atoms in total. The van der Waals surface area contributed by atoms with Crippen LogP contribution in [0.1, 0.15) is 24.2 Å². The van der Waals surface area contributed by atoms with Crippen molar-refractivity contribution in [3.05, 3.63) is 52.5 Å². The van der Waals surface area contributed by atoms with Crippen LogP contribution in [-0.2, 0) is 4.74 Å². The minimum Gasteiger partial charge on any atom is -0.372 e. The predicted molar refractivity (Wildman–Crippen MR) is 98.5 cm³/mol. The second-order valence-electron chi connectivity index (χ2n) is 6.17. The normalized spacial score (nSPS) is 20.4. The summed E-state index contributed by atoms with van der Waals surface area (Å²) in [6, 6.07) is 6.38. The molecule has 1 aromatic heterocycles. The highest BCUT2D eigenvalue weighted by atomic mass is 79.9. The van der Waals surface area contributed by atoms with E-state index >= 15 is 0 Å². The molecular weight excluding hydrogens is 389 g/mol. The van der Waals surface area contributed by atoms with Crippen molar-refractivity contribution in [3.8, 4) is 0 Å². The molecule has 0 radical (unpaired) electrons. The van der Waals surface area contributed by atoms with Crippen molar-refractivity contribution in [3.63, 3.8) is 0 Å². The van der Waals surface area contributed by atoms with Gasteiger partial charge in [-0.2, -0.15) is 0 Å². The van der Waals surface area contributed by atoms with Crippen LogP contribution in [0.15, 0.2) is 41.1 Å². The number of hydrogen-bond donors (Lipinski definition) is 1. The van der Waals surface area contributed by atoms with Crippen molar-refractivity contribution in [2.45, 2.75) is 26.1 Å². The maximum absolute atomic E-state index is 14.6. The molecule has 1 amide bonds. The van der Waals surface area contributed by atoms with Gasteiger partial charge in [0, 0.05) is 35.6 Å². The molecule has 0 unspecified atom stereocenters. The number of nitrogens with zero attached hydrogens (tertiary/aromatic N) is 2. The monoisotopic (exact) mass is 407 g/mol. The standard InChI is InChI=1S/C18H19BrFN3O2/c1-11-9-23(10-12(2)25-11)17-4-3-15(6-16(17)20)22-18(24)13-5-14(19)8-21-7-13/h3-8,11-12H,9-10H2,1-2H3,(H,22,24)/t11-,12-/m0/s1. The molecule has 1 aliphatic rings. The zero-order valence-corrected chi connectivity index (χ0v) is 15.6. The molecule has 1 aromatic carbocycles. The Morgan fingerprint density at radius 1 is 1.28 bits per heavy atom. The topological polar surface area (TPSA) is 54.5 Å². The minimum absolute atomic E-state index is 0.0477. The van der Waals surface area contributed by atoms with Gasteiger partial charge in [-0.1, -0.05) is 0 Å². The van der Waals surface area contributed by atoms with Crippen LogP contribution in [-0.4, -0.2) is 36.2 Å². The van der Waals surface area contributed by atoms with E-state index in [1.165, 1.54) is 12.3 Å². The summed E-state index contributed by atoms with van der Waals surface area (Å²) >= 11 is 3.27. The number of pyridine rings is 1. The molecule has 0 aliphatic carbocycles. The van der Waals surface area contributed by atoms with Crippen LogP contribution in [0.3, 0.4) is 0 Å². The lowest BCUT2D eigenvalue weighted by Crippen LogP contribution is -2.45. The Labute approximate surface area is 154 Å². The van der Waals surface area contributed by atoms with Crippen molar-refractivity contribution < 1.29 is 13.9 Å².